The van der Waals surface area contributed by atoms with Crippen LogP contribution in [0.4, 0.5) is 0 Å². The zero-order valence-electron chi connectivity index (χ0n) is 16.3. The predicted octanol–water partition coefficient (Wildman–Crippen LogP) is 0.657. The van der Waals surface area contributed by atoms with Crippen LogP contribution in [0.5, 0.6) is 0 Å². The van der Waals surface area contributed by atoms with Gasteiger partial charge in [0.2, 0.25) is 5.91 Å². The van der Waals surface area contributed by atoms with Gasteiger partial charge < -0.3 is 25.2 Å². The van der Waals surface area contributed by atoms with Gasteiger partial charge >= 0.3 is 5.97 Å². The maximum Gasteiger partial charge on any atom is 0.312 e. The Kier molecular flexibility index (Phi) is 6.33. The monoisotopic (exact) mass is 392 g/mol. The van der Waals surface area contributed by atoms with Crippen molar-refractivity contribution in [3.8, 4) is 0 Å². The first kappa shape index (κ1) is 20.3. The Bertz CT molecular complexity index is 730. The largest absolute Gasteiger partial charge is 0.469 e. The smallest absolute Gasteiger partial charge is 0.312 e. The Labute approximate surface area is 163 Å². The number of hydrogen-bond donors (Lipinski definition) is 2. The lowest BCUT2D eigenvalue weighted by Crippen LogP contribution is -2.59. The van der Waals surface area contributed by atoms with Crippen LogP contribution in [0.15, 0.2) is 10.6 Å². The van der Waals surface area contributed by atoms with Crippen molar-refractivity contribution in [1.29, 1.82) is 0 Å². The van der Waals surface area contributed by atoms with E-state index in [0.29, 0.717) is 31.8 Å². The molecule has 2 aliphatic rings. The molecule has 3 unspecified atom stereocenters. The van der Waals surface area contributed by atoms with E-state index in [0.717, 1.165) is 18.6 Å². The summed E-state index contributed by atoms with van der Waals surface area (Å²) in [6.45, 7) is 3.00. The number of carbonyl (C=O) groups is 3. The van der Waals surface area contributed by atoms with E-state index >= 15 is 0 Å². The topological polar surface area (TPSA) is 128 Å². The molecule has 1 saturated heterocycles. The van der Waals surface area contributed by atoms with Crippen molar-refractivity contribution >= 4 is 17.8 Å². The highest BCUT2D eigenvalue weighted by Crippen LogP contribution is 2.40. The first-order valence-corrected chi connectivity index (χ1v) is 9.77. The second-order valence-electron chi connectivity index (χ2n) is 7.69. The molecular weight excluding hydrogens is 364 g/mol. The fourth-order valence-corrected chi connectivity index (χ4v) is 3.70. The minimum Gasteiger partial charge on any atom is -0.469 e. The number of piperidine rings is 1. The van der Waals surface area contributed by atoms with Crippen molar-refractivity contribution in [3.05, 3.63) is 17.5 Å². The van der Waals surface area contributed by atoms with E-state index in [2.05, 4.69) is 10.5 Å². The molecule has 0 radical (unpaired) electrons. The summed E-state index contributed by atoms with van der Waals surface area (Å²) >= 11 is 0. The molecule has 1 aliphatic heterocycles. The fourth-order valence-electron chi connectivity index (χ4n) is 3.70. The number of esters is 1. The van der Waals surface area contributed by atoms with Crippen LogP contribution >= 0.6 is 0 Å². The third kappa shape index (κ3) is 4.52. The first-order chi connectivity index (χ1) is 13.4. The van der Waals surface area contributed by atoms with Crippen molar-refractivity contribution in [2.24, 2.45) is 17.6 Å². The average Bonchev–Trinajstić information content (AvgIpc) is 3.43. The molecule has 1 aromatic rings. The van der Waals surface area contributed by atoms with E-state index < -0.39 is 17.9 Å². The molecule has 0 bridgehead atoms. The zero-order chi connectivity index (χ0) is 20.3. The number of likely N-dealkylation sites (tertiary alicyclic amines) is 1. The lowest BCUT2D eigenvalue weighted by Gasteiger charge is -2.41. The molecule has 3 N–H and O–H groups in total. The molecule has 0 spiro atoms. The summed E-state index contributed by atoms with van der Waals surface area (Å²) in [6.07, 6.45) is 3.04. The normalized spacial score (nSPS) is 24.7. The molecule has 1 saturated carbocycles. The average molecular weight is 392 g/mol. The molecule has 1 aliphatic carbocycles. The number of ether oxygens (including phenoxy) is 1. The third-order valence-electron chi connectivity index (χ3n) is 5.46. The number of rotatable bonds is 7. The van der Waals surface area contributed by atoms with Gasteiger partial charge in [-0.15, -0.1) is 0 Å². The highest BCUT2D eigenvalue weighted by Gasteiger charge is 2.42. The Hall–Kier alpha value is -2.42. The molecule has 3 atom stereocenters. The highest BCUT2D eigenvalue weighted by atomic mass is 16.5. The van der Waals surface area contributed by atoms with Crippen molar-refractivity contribution in [1.82, 2.24) is 15.4 Å². The minimum atomic E-state index is -0.644. The molecule has 0 aromatic carbocycles. The Morgan fingerprint density at radius 2 is 2.11 bits per heavy atom. The van der Waals surface area contributed by atoms with Gasteiger partial charge in [0.25, 0.3) is 5.91 Å². The number of methoxy groups -OCH3 is 1. The number of nitrogens with zero attached hydrogens (tertiary/aromatic N) is 2. The van der Waals surface area contributed by atoms with Gasteiger partial charge in [0.15, 0.2) is 5.69 Å². The Balaban J connectivity index is 1.69. The van der Waals surface area contributed by atoms with Crippen LogP contribution in [0, 0.1) is 11.8 Å². The molecule has 154 valence electrons. The molecule has 1 aromatic heterocycles. The van der Waals surface area contributed by atoms with Gasteiger partial charge in [0.05, 0.1) is 13.0 Å². The van der Waals surface area contributed by atoms with Gasteiger partial charge in [-0.3, -0.25) is 14.4 Å². The number of hydrogen-bond acceptors (Lipinski definition) is 7. The third-order valence-corrected chi connectivity index (χ3v) is 5.46. The van der Waals surface area contributed by atoms with Crippen molar-refractivity contribution in [2.75, 3.05) is 26.7 Å². The summed E-state index contributed by atoms with van der Waals surface area (Å²) in [6, 6.07) is 1.20. The van der Waals surface area contributed by atoms with Crippen LogP contribution in [0.3, 0.4) is 0 Å². The van der Waals surface area contributed by atoms with Gasteiger partial charge in [0.1, 0.15) is 5.76 Å². The van der Waals surface area contributed by atoms with E-state index in [1.165, 1.54) is 7.11 Å². The quantitative estimate of drug-likeness (QED) is 0.652. The van der Waals surface area contributed by atoms with Crippen LogP contribution in [0.1, 0.15) is 54.8 Å². The van der Waals surface area contributed by atoms with Gasteiger partial charge in [-0.2, -0.15) is 0 Å². The van der Waals surface area contributed by atoms with Gasteiger partial charge in [0, 0.05) is 37.5 Å². The summed E-state index contributed by atoms with van der Waals surface area (Å²) in [5.74, 6) is -0.562. The van der Waals surface area contributed by atoms with Crippen LogP contribution in [-0.2, 0) is 14.3 Å². The fraction of sp³-hybridized carbons (Fsp3) is 0.684. The Morgan fingerprint density at radius 1 is 1.36 bits per heavy atom. The molecular formula is C19H28N4O5. The number of amides is 2. The van der Waals surface area contributed by atoms with E-state index in [9.17, 15) is 14.4 Å². The first-order valence-electron chi connectivity index (χ1n) is 9.77. The standard InChI is InChI=1S/C19H28N4O5/c1-11-9-23(16(24)4-3-7-20)10-13(19(26)27-2)17(11)21-18(25)14-8-15(28-22-14)12-5-6-12/h8,11-13,17H,3-7,9-10,20H2,1-2H3,(H,21,25). The number of carbonyl (C=O) groups excluding carboxylic acids is 3. The maximum absolute atomic E-state index is 12.6. The van der Waals surface area contributed by atoms with Crippen LogP contribution in [0.2, 0.25) is 0 Å². The van der Waals surface area contributed by atoms with Gasteiger partial charge in [-0.1, -0.05) is 12.1 Å². The lowest BCUT2D eigenvalue weighted by atomic mass is 9.84. The van der Waals surface area contributed by atoms with Gasteiger partial charge in [-0.25, -0.2) is 0 Å². The Morgan fingerprint density at radius 3 is 2.75 bits per heavy atom. The predicted molar refractivity (Wildman–Crippen MR) is 99.3 cm³/mol. The second kappa shape index (κ2) is 8.72. The van der Waals surface area contributed by atoms with Crippen LogP contribution in [0.25, 0.3) is 0 Å². The number of aromatic nitrogens is 1. The highest BCUT2D eigenvalue weighted by molar-refractivity contribution is 5.93. The lowest BCUT2D eigenvalue weighted by molar-refractivity contribution is -0.151. The summed E-state index contributed by atoms with van der Waals surface area (Å²) in [5.41, 5.74) is 5.69. The summed E-state index contributed by atoms with van der Waals surface area (Å²) < 4.78 is 10.2. The van der Waals surface area contributed by atoms with Crippen molar-refractivity contribution < 1.29 is 23.6 Å². The van der Waals surface area contributed by atoms with E-state index in [1.54, 1.807) is 11.0 Å². The van der Waals surface area contributed by atoms with E-state index in [1.807, 2.05) is 6.92 Å². The molecule has 2 amide bonds. The SMILES string of the molecule is COC(=O)C1CN(C(=O)CCCN)CC(C)C1NC(=O)c1cc(C2CC2)on1. The van der Waals surface area contributed by atoms with E-state index in [4.69, 9.17) is 15.0 Å². The molecule has 9 heteroatoms. The summed E-state index contributed by atoms with van der Waals surface area (Å²) in [7, 11) is 1.31. The van der Waals surface area contributed by atoms with E-state index in [-0.39, 0.29) is 30.0 Å². The number of nitrogens with two attached hydrogens (primary N) is 1. The molecule has 3 rings (SSSR count). The summed E-state index contributed by atoms with van der Waals surface area (Å²) in [4.78, 5) is 39.1. The van der Waals surface area contributed by atoms with Crippen molar-refractivity contribution in [3.63, 3.8) is 0 Å². The number of nitrogens with one attached hydrogen (secondary N) is 1. The summed E-state index contributed by atoms with van der Waals surface area (Å²) in [5, 5.41) is 6.76. The molecule has 9 nitrogen and oxygen atoms in total. The van der Waals surface area contributed by atoms with Crippen LogP contribution < -0.4 is 11.1 Å². The second-order valence-corrected chi connectivity index (χ2v) is 7.69. The minimum absolute atomic E-state index is 0.0402. The van der Waals surface area contributed by atoms with Crippen molar-refractivity contribution in [2.45, 2.75) is 44.6 Å². The molecule has 28 heavy (non-hydrogen) atoms. The van der Waals surface area contributed by atoms with Crippen LogP contribution in [-0.4, -0.2) is 60.6 Å². The molecule has 2 fully saturated rings. The maximum atomic E-state index is 12.6. The van der Waals surface area contributed by atoms with Gasteiger partial charge in [-0.05, 0) is 31.7 Å². The zero-order valence-corrected chi connectivity index (χ0v) is 16.3. The molecule has 2 heterocycles.